The predicted octanol–water partition coefficient (Wildman–Crippen LogP) is 3.82. The first-order valence-electron chi connectivity index (χ1n) is 11.7. The van der Waals surface area contributed by atoms with E-state index in [1.807, 2.05) is 42.5 Å². The molecule has 8 nitrogen and oxygen atoms in total. The van der Waals surface area contributed by atoms with Crippen molar-refractivity contribution in [3.8, 4) is 0 Å². The lowest BCUT2D eigenvalue weighted by atomic mass is 9.99. The van der Waals surface area contributed by atoms with Gasteiger partial charge in [0.15, 0.2) is 0 Å². The Morgan fingerprint density at radius 1 is 0.972 bits per heavy atom. The molecule has 3 aromatic rings. The van der Waals surface area contributed by atoms with Gasteiger partial charge in [0.1, 0.15) is 0 Å². The number of amides is 1. The monoisotopic (exact) mass is 504 g/mol. The summed E-state index contributed by atoms with van der Waals surface area (Å²) >= 11 is 0. The van der Waals surface area contributed by atoms with E-state index < -0.39 is 10.0 Å². The quantitative estimate of drug-likeness (QED) is 0.423. The molecule has 9 heteroatoms. The lowest BCUT2D eigenvalue weighted by molar-refractivity contribution is -0.110. The third kappa shape index (κ3) is 5.59. The minimum atomic E-state index is -3.46. The van der Waals surface area contributed by atoms with Crippen molar-refractivity contribution >= 4 is 44.3 Å². The molecule has 3 aromatic carbocycles. The molecule has 0 bridgehead atoms. The fraction of sp³-hybridized carbons (Fsp3) is 0.222. The maximum Gasteiger partial charge on any atom is 0.258 e. The van der Waals surface area contributed by atoms with Crippen LogP contribution in [-0.2, 0) is 26.1 Å². The van der Waals surface area contributed by atoms with E-state index in [9.17, 15) is 13.2 Å². The lowest BCUT2D eigenvalue weighted by Gasteiger charge is -2.26. The maximum atomic E-state index is 13.1. The summed E-state index contributed by atoms with van der Waals surface area (Å²) in [7, 11) is -3.46. The van der Waals surface area contributed by atoms with Crippen molar-refractivity contribution < 1.29 is 17.9 Å². The van der Waals surface area contributed by atoms with Crippen molar-refractivity contribution in [2.45, 2.75) is 6.54 Å². The summed E-state index contributed by atoms with van der Waals surface area (Å²) in [6.07, 6.45) is 1.10. The molecule has 0 aliphatic carbocycles. The Hall–Kier alpha value is -3.66. The van der Waals surface area contributed by atoms with Crippen molar-refractivity contribution in [1.29, 1.82) is 0 Å². The van der Waals surface area contributed by atoms with E-state index >= 15 is 0 Å². The Morgan fingerprint density at radius 3 is 2.36 bits per heavy atom. The summed E-state index contributed by atoms with van der Waals surface area (Å²) in [5, 5.41) is 6.35. The first kappa shape index (κ1) is 24.1. The topological polar surface area (TPSA) is 99.8 Å². The van der Waals surface area contributed by atoms with E-state index in [0.717, 1.165) is 50.4 Å². The minimum Gasteiger partial charge on any atom is -0.379 e. The van der Waals surface area contributed by atoms with E-state index in [0.29, 0.717) is 28.2 Å². The smallest absolute Gasteiger partial charge is 0.258 e. The van der Waals surface area contributed by atoms with Crippen LogP contribution in [-0.4, -0.2) is 51.8 Å². The number of rotatable bonds is 7. The highest BCUT2D eigenvalue weighted by Gasteiger charge is 2.29. The summed E-state index contributed by atoms with van der Waals surface area (Å²) in [5.74, 6) is -0.253. The second kappa shape index (κ2) is 10.1. The van der Waals surface area contributed by atoms with E-state index in [4.69, 9.17) is 4.74 Å². The summed E-state index contributed by atoms with van der Waals surface area (Å²) in [6.45, 7) is 4.24. The number of carbonyl (C=O) groups is 1. The molecule has 1 amide bonds. The average molecular weight is 505 g/mol. The van der Waals surface area contributed by atoms with Gasteiger partial charge in [-0.3, -0.25) is 14.4 Å². The van der Waals surface area contributed by atoms with Gasteiger partial charge in [-0.1, -0.05) is 42.5 Å². The van der Waals surface area contributed by atoms with Crippen molar-refractivity contribution in [3.63, 3.8) is 0 Å². The van der Waals surface area contributed by atoms with Gasteiger partial charge in [0.2, 0.25) is 10.0 Å². The van der Waals surface area contributed by atoms with Gasteiger partial charge in [0, 0.05) is 42.3 Å². The first-order chi connectivity index (χ1) is 17.4. The van der Waals surface area contributed by atoms with E-state index in [1.54, 1.807) is 18.2 Å². The molecule has 36 heavy (non-hydrogen) atoms. The Morgan fingerprint density at radius 2 is 1.67 bits per heavy atom. The van der Waals surface area contributed by atoms with Crippen molar-refractivity contribution in [2.75, 3.05) is 47.9 Å². The van der Waals surface area contributed by atoms with Crippen LogP contribution in [0.4, 0.5) is 17.1 Å². The van der Waals surface area contributed by atoms with Gasteiger partial charge in [0.05, 0.1) is 30.7 Å². The zero-order valence-corrected chi connectivity index (χ0v) is 20.8. The number of ether oxygens (including phenoxy) is 1. The summed E-state index contributed by atoms with van der Waals surface area (Å²) in [5.41, 5.74) is 5.64. The van der Waals surface area contributed by atoms with Crippen LogP contribution in [0.2, 0.25) is 0 Å². The summed E-state index contributed by atoms with van der Waals surface area (Å²) < 4.78 is 31.5. The predicted molar refractivity (Wildman–Crippen MR) is 143 cm³/mol. The second-order valence-corrected chi connectivity index (χ2v) is 10.7. The lowest BCUT2D eigenvalue weighted by Crippen LogP contribution is -2.35. The van der Waals surface area contributed by atoms with Crippen molar-refractivity contribution in [2.24, 2.45) is 0 Å². The molecule has 0 radical (unpaired) electrons. The molecule has 3 N–H and O–H groups in total. The zero-order valence-electron chi connectivity index (χ0n) is 20.0. The van der Waals surface area contributed by atoms with Crippen molar-refractivity contribution in [3.05, 3.63) is 89.5 Å². The highest BCUT2D eigenvalue weighted by Crippen LogP contribution is 2.39. The molecular formula is C27H28N4O4S. The molecule has 186 valence electrons. The number of nitrogens with one attached hydrogen (secondary N) is 3. The number of nitrogens with zero attached hydrogens (tertiary/aromatic N) is 1. The molecule has 1 saturated heterocycles. The number of morpholine rings is 1. The highest BCUT2D eigenvalue weighted by molar-refractivity contribution is 7.92. The van der Waals surface area contributed by atoms with Gasteiger partial charge in [-0.05, 0) is 41.5 Å². The molecular weight excluding hydrogens is 476 g/mol. The number of benzene rings is 3. The Bertz CT molecular complexity index is 1400. The molecule has 0 unspecified atom stereocenters. The summed E-state index contributed by atoms with van der Waals surface area (Å²) in [6, 6.07) is 22.8. The summed E-state index contributed by atoms with van der Waals surface area (Å²) in [4.78, 5) is 15.5. The Kier molecular flexibility index (Phi) is 6.77. The van der Waals surface area contributed by atoms with Crippen LogP contribution in [0.1, 0.15) is 16.7 Å². The Balaban J connectivity index is 1.50. The van der Waals surface area contributed by atoms with Crippen molar-refractivity contribution in [1.82, 2.24) is 4.90 Å². The van der Waals surface area contributed by atoms with Crippen LogP contribution in [0.25, 0.3) is 11.3 Å². The van der Waals surface area contributed by atoms with Crippen LogP contribution in [0.5, 0.6) is 0 Å². The SMILES string of the molecule is CS(=O)(=O)Nc1ccc2c(c1)C(=C(Nc1ccc(CN3CCOCC3)cc1)c1ccccc1)C(=O)N2. The largest absolute Gasteiger partial charge is 0.379 e. The van der Waals surface area contributed by atoms with Gasteiger partial charge in [0.25, 0.3) is 5.91 Å². The molecule has 1 fully saturated rings. The zero-order chi connectivity index (χ0) is 25.1. The fourth-order valence-electron chi connectivity index (χ4n) is 4.43. The number of hydrogen-bond donors (Lipinski definition) is 3. The standard InChI is InChI=1S/C27H28N4O4S/c1-36(33,34)30-22-11-12-24-23(17-22)25(27(32)29-24)26(20-5-3-2-4-6-20)28-21-9-7-19(8-10-21)18-31-13-15-35-16-14-31/h2-12,17,28,30H,13-16,18H2,1H3,(H,29,32). The average Bonchev–Trinajstić information content (AvgIpc) is 3.18. The maximum absolute atomic E-state index is 13.1. The molecule has 2 aliphatic rings. The third-order valence-electron chi connectivity index (χ3n) is 6.11. The van der Waals surface area contributed by atoms with E-state index in [1.165, 1.54) is 5.56 Å². The van der Waals surface area contributed by atoms with Crippen LogP contribution in [0, 0.1) is 0 Å². The van der Waals surface area contributed by atoms with Gasteiger partial charge in [-0.15, -0.1) is 0 Å². The normalized spacial score (nSPS) is 17.3. The molecule has 0 saturated carbocycles. The van der Waals surface area contributed by atoms with E-state index in [2.05, 4.69) is 32.4 Å². The van der Waals surface area contributed by atoms with Gasteiger partial charge in [-0.2, -0.15) is 0 Å². The minimum absolute atomic E-state index is 0.253. The molecule has 5 rings (SSSR count). The number of sulfonamides is 1. The molecule has 2 heterocycles. The van der Waals surface area contributed by atoms with Gasteiger partial charge in [-0.25, -0.2) is 8.42 Å². The number of fused-ring (bicyclic) bond motifs is 1. The number of hydrogen-bond acceptors (Lipinski definition) is 6. The third-order valence-corrected chi connectivity index (χ3v) is 6.72. The van der Waals surface area contributed by atoms with E-state index in [-0.39, 0.29) is 5.91 Å². The number of anilines is 3. The second-order valence-electron chi connectivity index (χ2n) is 8.92. The fourth-order valence-corrected chi connectivity index (χ4v) is 4.99. The molecule has 0 spiro atoms. The van der Waals surface area contributed by atoms with Gasteiger partial charge < -0.3 is 15.4 Å². The molecule has 2 aliphatic heterocycles. The van der Waals surface area contributed by atoms with Crippen LogP contribution < -0.4 is 15.4 Å². The molecule has 0 atom stereocenters. The van der Waals surface area contributed by atoms with Crippen LogP contribution >= 0.6 is 0 Å². The van der Waals surface area contributed by atoms with Crippen LogP contribution in [0.3, 0.4) is 0 Å². The first-order valence-corrected chi connectivity index (χ1v) is 13.6. The molecule has 0 aromatic heterocycles. The van der Waals surface area contributed by atoms with Crippen LogP contribution in [0.15, 0.2) is 72.8 Å². The number of carbonyl (C=O) groups excluding carboxylic acids is 1. The highest BCUT2D eigenvalue weighted by atomic mass is 32.2. The Labute approximate surface area is 211 Å². The van der Waals surface area contributed by atoms with Gasteiger partial charge >= 0.3 is 0 Å².